The van der Waals surface area contributed by atoms with Crippen LogP contribution in [0.2, 0.25) is 0 Å². The van der Waals surface area contributed by atoms with Crippen LogP contribution in [0, 0.1) is 34.6 Å². The van der Waals surface area contributed by atoms with Gasteiger partial charge in [-0.3, -0.25) is 0 Å². The van der Waals surface area contributed by atoms with E-state index in [1.54, 1.807) is 12.4 Å². The molecule has 12 nitrogen and oxygen atoms in total. The van der Waals surface area contributed by atoms with Crippen LogP contribution in [0.25, 0.3) is 66.2 Å². The quantitative estimate of drug-likeness (QED) is 0.103. The zero-order chi connectivity index (χ0) is 41.8. The first-order valence-corrected chi connectivity index (χ1v) is 19.6. The summed E-state index contributed by atoms with van der Waals surface area (Å²) in [6, 6.07) is 30.4. The molecule has 0 spiro atoms. The molecular weight excluding hydrogens is 745 g/mol. The average Bonchev–Trinajstić information content (AvgIpc) is 4.13. The van der Waals surface area contributed by atoms with Crippen LogP contribution < -0.4 is 0 Å². The van der Waals surface area contributed by atoms with Crippen LogP contribution in [0.3, 0.4) is 0 Å². The molecule has 0 saturated carbocycles. The van der Waals surface area contributed by atoms with E-state index in [9.17, 15) is 0 Å². The highest BCUT2D eigenvalue weighted by Gasteiger charge is 1.98. The summed E-state index contributed by atoms with van der Waals surface area (Å²) in [5.41, 5.74) is 11.8. The Labute approximate surface area is 347 Å². The van der Waals surface area contributed by atoms with Crippen LogP contribution >= 0.6 is 0 Å². The lowest BCUT2D eigenvalue weighted by molar-refractivity contribution is 0.948. The predicted molar refractivity (Wildman–Crippen MR) is 245 cm³/mol. The van der Waals surface area contributed by atoms with Gasteiger partial charge in [-0.15, -0.1) is 0 Å². The van der Waals surface area contributed by atoms with Gasteiger partial charge in [-0.1, -0.05) is 0 Å². The van der Waals surface area contributed by atoms with Gasteiger partial charge in [0.1, 0.15) is 33.9 Å². The molecule has 0 fully saturated rings. The molecule has 60 heavy (non-hydrogen) atoms. The molecule has 12 aromatic heterocycles. The molecule has 0 aliphatic rings. The summed E-state index contributed by atoms with van der Waals surface area (Å²) in [5.74, 6) is 0. The largest absolute Gasteiger partial charge is 0.346 e. The lowest BCUT2D eigenvalue weighted by Crippen LogP contribution is -1.85. The van der Waals surface area contributed by atoms with Gasteiger partial charge in [0.25, 0.3) is 0 Å². The van der Waals surface area contributed by atoms with E-state index in [2.05, 4.69) is 105 Å². The maximum absolute atomic E-state index is 4.28. The number of nitrogens with zero attached hydrogens (tertiary/aromatic N) is 7. The van der Waals surface area contributed by atoms with E-state index in [0.717, 1.165) is 45.3 Å². The maximum atomic E-state index is 4.28. The van der Waals surface area contributed by atoms with Crippen molar-refractivity contribution >= 4 is 66.2 Å². The Morgan fingerprint density at radius 3 is 1.92 bits per heavy atom. The number of aryl methyl sites for hydroxylation is 6. The third-order valence-electron chi connectivity index (χ3n) is 9.58. The number of pyridine rings is 6. The molecule has 12 aromatic rings. The molecule has 0 bridgehead atoms. The molecule has 12 rings (SSSR count). The minimum atomic E-state index is 0.964. The van der Waals surface area contributed by atoms with E-state index in [4.69, 9.17) is 0 Å². The van der Waals surface area contributed by atoms with Gasteiger partial charge in [0.05, 0.1) is 0 Å². The zero-order valence-corrected chi connectivity index (χ0v) is 34.6. The van der Waals surface area contributed by atoms with Gasteiger partial charge >= 0.3 is 0 Å². The zero-order valence-electron chi connectivity index (χ0n) is 34.6. The fraction of sp³-hybridized carbons (Fsp3) is 0.125. The van der Waals surface area contributed by atoms with Gasteiger partial charge in [-0.2, -0.15) is 0 Å². The summed E-state index contributed by atoms with van der Waals surface area (Å²) in [5, 5.41) is 7.15. The Hall–Kier alpha value is -7.86. The third-order valence-corrected chi connectivity index (χ3v) is 9.58. The smallest absolute Gasteiger partial charge is 0.139 e. The normalized spacial score (nSPS) is 10.5. The van der Waals surface area contributed by atoms with Crippen molar-refractivity contribution in [2.75, 3.05) is 0 Å². The monoisotopic (exact) mass is 792 g/mol. The highest BCUT2D eigenvalue weighted by Crippen LogP contribution is 2.15. The van der Waals surface area contributed by atoms with Gasteiger partial charge < -0.3 is 29.5 Å². The first-order chi connectivity index (χ1) is 29.2. The van der Waals surface area contributed by atoms with Crippen molar-refractivity contribution in [2.45, 2.75) is 34.6 Å². The number of hydrogen-bond acceptors (Lipinski definition) is 6. The Balaban J connectivity index is 0.000000109. The fourth-order valence-electron chi connectivity index (χ4n) is 6.46. The van der Waals surface area contributed by atoms with E-state index in [1.165, 1.54) is 49.0 Å². The number of hydrogen-bond donors (Lipinski definition) is 5. The number of aromatic nitrogens is 12. The Morgan fingerprint density at radius 2 is 1.13 bits per heavy atom. The molecule has 0 amide bonds. The standard InChI is InChI=1S/6C8H8N2/c1-6-2-4-9-8-7(6)3-5-10-8;1-6-4-7-2-3-9-8(7)10-5-6;1-6-2-3-7-4-5-9-8(7)10-6;1-10-6-4-7-3-2-5-9-8(7)10;1-6-5-10-8-7(6)3-2-4-9-8;1-6-5-7-3-2-4-9-8(7)10-6/h3*2-5H,1H3,(H,9,10);2-6H,1H3;2*2-5H,1H3,(H,9,10). The molecule has 12 heteroatoms. The summed E-state index contributed by atoms with van der Waals surface area (Å²) in [6.45, 7) is 10.2. The van der Waals surface area contributed by atoms with Gasteiger partial charge in [-0.05, 0) is 142 Å². The third kappa shape index (κ3) is 10.2. The van der Waals surface area contributed by atoms with Gasteiger partial charge in [0, 0.05) is 113 Å². The molecule has 300 valence electrons. The molecule has 0 saturated heterocycles. The van der Waals surface area contributed by atoms with Gasteiger partial charge in [-0.25, -0.2) is 29.9 Å². The minimum absolute atomic E-state index is 0.964. The molecule has 0 aliphatic carbocycles. The van der Waals surface area contributed by atoms with Crippen LogP contribution in [-0.2, 0) is 7.05 Å². The second kappa shape index (κ2) is 19.1. The number of nitrogens with one attached hydrogen (secondary N) is 5. The number of fused-ring (bicyclic) bond motifs is 6. The minimum Gasteiger partial charge on any atom is -0.346 e. The lowest BCUT2D eigenvalue weighted by atomic mass is 10.2. The molecule has 0 aliphatic heterocycles. The highest BCUT2D eigenvalue weighted by molar-refractivity contribution is 5.80. The molecule has 5 N–H and O–H groups in total. The van der Waals surface area contributed by atoms with Crippen LogP contribution in [-0.4, -0.2) is 59.4 Å². The molecule has 0 atom stereocenters. The van der Waals surface area contributed by atoms with Crippen LogP contribution in [0.1, 0.15) is 28.1 Å². The highest BCUT2D eigenvalue weighted by atomic mass is 15.0. The molecular formula is C48H48N12. The topological polar surface area (TPSA) is 161 Å². The van der Waals surface area contributed by atoms with Crippen LogP contribution in [0.5, 0.6) is 0 Å². The van der Waals surface area contributed by atoms with Crippen molar-refractivity contribution in [3.05, 3.63) is 181 Å². The molecule has 0 aromatic carbocycles. The van der Waals surface area contributed by atoms with E-state index in [1.807, 2.05) is 137 Å². The fourth-order valence-corrected chi connectivity index (χ4v) is 6.46. The number of aromatic amines is 5. The predicted octanol–water partition coefficient (Wildman–Crippen LogP) is 10.9. The SMILES string of the molecule is Cc1c[nH]c2ncccc12.Cc1cc2cccnc2[nH]1.Cc1ccc2cc[nH]c2n1.Cc1ccnc2[nH]ccc12.Cc1cnc2[nH]ccc2c1.Cn1ccc2cccnc21. The van der Waals surface area contributed by atoms with Crippen LogP contribution in [0.15, 0.2) is 153 Å². The van der Waals surface area contributed by atoms with Gasteiger partial charge in [0.2, 0.25) is 0 Å². The Bertz CT molecular complexity index is 3010. The molecule has 0 unspecified atom stereocenters. The first-order valence-electron chi connectivity index (χ1n) is 19.6. The van der Waals surface area contributed by atoms with Crippen molar-refractivity contribution in [3.8, 4) is 0 Å². The van der Waals surface area contributed by atoms with E-state index < -0.39 is 0 Å². The molecule has 0 radical (unpaired) electrons. The van der Waals surface area contributed by atoms with Crippen molar-refractivity contribution in [1.82, 2.24) is 59.4 Å². The second-order valence-electron chi connectivity index (χ2n) is 14.3. The lowest BCUT2D eigenvalue weighted by Gasteiger charge is -1.91. The maximum Gasteiger partial charge on any atom is 0.139 e. The van der Waals surface area contributed by atoms with E-state index in [0.29, 0.717) is 0 Å². The molecule has 12 heterocycles. The van der Waals surface area contributed by atoms with Crippen molar-refractivity contribution in [2.24, 2.45) is 7.05 Å². The average molecular weight is 793 g/mol. The summed E-state index contributed by atoms with van der Waals surface area (Å²) in [6.07, 6.45) is 18.8. The second-order valence-corrected chi connectivity index (χ2v) is 14.3. The summed E-state index contributed by atoms with van der Waals surface area (Å²) in [7, 11) is 2.00. The first kappa shape index (κ1) is 40.3. The van der Waals surface area contributed by atoms with Crippen molar-refractivity contribution in [1.29, 1.82) is 0 Å². The van der Waals surface area contributed by atoms with Crippen molar-refractivity contribution < 1.29 is 0 Å². The summed E-state index contributed by atoms with van der Waals surface area (Å²) >= 11 is 0. The van der Waals surface area contributed by atoms with E-state index in [-0.39, 0.29) is 0 Å². The number of rotatable bonds is 0. The Morgan fingerprint density at radius 1 is 0.483 bits per heavy atom. The number of H-pyrrole nitrogens is 5. The van der Waals surface area contributed by atoms with Gasteiger partial charge in [0.15, 0.2) is 0 Å². The summed E-state index contributed by atoms with van der Waals surface area (Å²) < 4.78 is 2.01. The van der Waals surface area contributed by atoms with Crippen molar-refractivity contribution in [3.63, 3.8) is 0 Å². The Kier molecular flexibility index (Phi) is 12.8. The van der Waals surface area contributed by atoms with Crippen LogP contribution in [0.4, 0.5) is 0 Å². The summed E-state index contributed by atoms with van der Waals surface area (Å²) in [4.78, 5) is 40.5. The van der Waals surface area contributed by atoms with E-state index >= 15 is 0 Å².